The second-order valence-corrected chi connectivity index (χ2v) is 9.18. The van der Waals surface area contributed by atoms with Crippen molar-refractivity contribution < 1.29 is 45.7 Å². The first-order valence-corrected chi connectivity index (χ1v) is 12.5. The molecular formula is C27H29F6N5O4. The molecular weight excluding hydrogens is 572 g/mol. The normalized spacial score (nSPS) is 14.2. The van der Waals surface area contributed by atoms with E-state index in [9.17, 15) is 36.2 Å². The monoisotopic (exact) mass is 601 g/mol. The number of hydrogen-bond donors (Lipinski definition) is 2. The minimum atomic E-state index is -4.79. The van der Waals surface area contributed by atoms with Crippen molar-refractivity contribution in [3.63, 3.8) is 0 Å². The number of para-hydroxylation sites is 2. The molecule has 3 aromatic rings. The fourth-order valence-corrected chi connectivity index (χ4v) is 3.87. The number of ether oxygens (including phenoxy) is 2. The van der Waals surface area contributed by atoms with Crippen molar-refractivity contribution in [1.29, 1.82) is 0 Å². The van der Waals surface area contributed by atoms with Gasteiger partial charge in [0, 0.05) is 32.7 Å². The van der Waals surface area contributed by atoms with Crippen molar-refractivity contribution in [3.8, 4) is 17.4 Å². The average Bonchev–Trinajstić information content (AvgIpc) is 2.93. The Balaban J connectivity index is 0.000000250. The Morgan fingerprint density at radius 2 is 1.55 bits per heavy atom. The van der Waals surface area contributed by atoms with Gasteiger partial charge in [0.15, 0.2) is 11.5 Å². The topological polar surface area (TPSA) is 100 Å². The molecule has 42 heavy (non-hydrogen) atoms. The summed E-state index contributed by atoms with van der Waals surface area (Å²) in [5.41, 5.74) is -2.74. The SMILES string of the molecule is CNCc1cc(C(F)(F)F)cc(C(F)(F)F)c1.COc1ccccc1Oc1nc(N2CCN(C)CC2)ncc1C(=O)O. The van der Waals surface area contributed by atoms with Crippen LogP contribution in [-0.4, -0.2) is 73.3 Å². The quantitative estimate of drug-likeness (QED) is 0.356. The Labute approximate surface area is 237 Å². The lowest BCUT2D eigenvalue weighted by molar-refractivity contribution is -0.143. The summed E-state index contributed by atoms with van der Waals surface area (Å²) in [4.78, 5) is 24.3. The second-order valence-electron chi connectivity index (χ2n) is 9.18. The van der Waals surface area contributed by atoms with Crippen LogP contribution in [0.3, 0.4) is 0 Å². The molecule has 1 aliphatic rings. The summed E-state index contributed by atoms with van der Waals surface area (Å²) in [6, 6.07) is 8.53. The van der Waals surface area contributed by atoms with Crippen molar-refractivity contribution in [2.24, 2.45) is 0 Å². The van der Waals surface area contributed by atoms with E-state index in [-0.39, 0.29) is 29.6 Å². The molecule has 1 fully saturated rings. The summed E-state index contributed by atoms with van der Waals surface area (Å²) in [5.74, 6) is 0.216. The van der Waals surface area contributed by atoms with Gasteiger partial charge in [0.25, 0.3) is 0 Å². The highest BCUT2D eigenvalue weighted by molar-refractivity contribution is 5.90. The van der Waals surface area contributed by atoms with E-state index in [2.05, 4.69) is 27.2 Å². The Bertz CT molecular complexity index is 1330. The summed E-state index contributed by atoms with van der Waals surface area (Å²) in [6.45, 7) is 3.28. The van der Waals surface area contributed by atoms with Gasteiger partial charge in [0.1, 0.15) is 5.56 Å². The predicted octanol–water partition coefficient (Wildman–Crippen LogP) is 5.17. The number of piperazine rings is 1. The van der Waals surface area contributed by atoms with Gasteiger partial charge in [0.05, 0.1) is 24.4 Å². The van der Waals surface area contributed by atoms with Gasteiger partial charge in [-0.2, -0.15) is 31.3 Å². The van der Waals surface area contributed by atoms with E-state index in [1.165, 1.54) is 20.4 Å². The number of anilines is 1. The summed E-state index contributed by atoms with van der Waals surface area (Å²) < 4.78 is 85.3. The van der Waals surface area contributed by atoms with Crippen LogP contribution in [0.2, 0.25) is 0 Å². The molecule has 2 aromatic carbocycles. The van der Waals surface area contributed by atoms with Crippen LogP contribution >= 0.6 is 0 Å². The highest BCUT2D eigenvalue weighted by Gasteiger charge is 2.36. The zero-order valence-electron chi connectivity index (χ0n) is 22.9. The van der Waals surface area contributed by atoms with Crippen LogP contribution < -0.4 is 19.7 Å². The number of carboxylic acid groups (broad SMARTS) is 1. The van der Waals surface area contributed by atoms with E-state index >= 15 is 0 Å². The smallest absolute Gasteiger partial charge is 0.416 e. The number of rotatable bonds is 7. The van der Waals surface area contributed by atoms with Gasteiger partial charge in [-0.1, -0.05) is 12.1 Å². The Morgan fingerprint density at radius 1 is 0.976 bits per heavy atom. The Hall–Kier alpha value is -4.11. The van der Waals surface area contributed by atoms with E-state index in [1.54, 1.807) is 24.3 Å². The van der Waals surface area contributed by atoms with Crippen LogP contribution in [0.1, 0.15) is 27.0 Å². The van der Waals surface area contributed by atoms with Gasteiger partial charge in [-0.05, 0) is 50.0 Å². The fourth-order valence-electron chi connectivity index (χ4n) is 3.87. The molecule has 0 unspecified atom stereocenters. The number of aromatic nitrogens is 2. The Morgan fingerprint density at radius 3 is 2.05 bits per heavy atom. The van der Waals surface area contributed by atoms with Gasteiger partial charge in [-0.15, -0.1) is 0 Å². The standard InChI is InChI=1S/C17H20N4O4.C10H9F6N/c1-20-7-9-21(10-8-20)17-18-11-12(16(22)23)15(19-17)25-14-6-4-3-5-13(14)24-2;1-17-5-6-2-7(9(11,12)13)4-8(3-6)10(14,15)16/h3-6,11H,7-10H2,1-2H3,(H,22,23);2-4,17H,5H2,1H3. The zero-order valence-corrected chi connectivity index (χ0v) is 22.9. The van der Waals surface area contributed by atoms with Gasteiger partial charge >= 0.3 is 18.3 Å². The molecule has 4 rings (SSSR count). The van der Waals surface area contributed by atoms with Gasteiger partial charge < -0.3 is 29.7 Å². The summed E-state index contributed by atoms with van der Waals surface area (Å²) in [5, 5.41) is 11.9. The lowest BCUT2D eigenvalue weighted by Gasteiger charge is -2.32. The molecule has 0 saturated carbocycles. The summed E-state index contributed by atoms with van der Waals surface area (Å²) in [7, 11) is 5.02. The number of aromatic carboxylic acids is 1. The molecule has 0 spiro atoms. The Kier molecular flexibility index (Phi) is 10.6. The van der Waals surface area contributed by atoms with Crippen LogP contribution in [0.15, 0.2) is 48.7 Å². The summed E-state index contributed by atoms with van der Waals surface area (Å²) in [6.07, 6.45) is -8.29. The molecule has 0 atom stereocenters. The second kappa shape index (κ2) is 13.7. The maximum absolute atomic E-state index is 12.4. The van der Waals surface area contributed by atoms with Crippen molar-refractivity contribution in [1.82, 2.24) is 20.2 Å². The molecule has 228 valence electrons. The molecule has 15 heteroatoms. The van der Waals surface area contributed by atoms with Crippen LogP contribution in [-0.2, 0) is 18.9 Å². The van der Waals surface area contributed by atoms with Crippen LogP contribution in [0.5, 0.6) is 17.4 Å². The van der Waals surface area contributed by atoms with Gasteiger partial charge in [0.2, 0.25) is 11.8 Å². The lowest BCUT2D eigenvalue weighted by atomic mass is 10.0. The highest BCUT2D eigenvalue weighted by Crippen LogP contribution is 2.36. The number of benzene rings is 2. The highest BCUT2D eigenvalue weighted by atomic mass is 19.4. The number of hydrogen-bond acceptors (Lipinski definition) is 8. The first kappa shape index (κ1) is 32.4. The van der Waals surface area contributed by atoms with Crippen LogP contribution in [0, 0.1) is 0 Å². The first-order chi connectivity index (χ1) is 19.7. The van der Waals surface area contributed by atoms with E-state index in [0.717, 1.165) is 26.2 Å². The fraction of sp³-hybridized carbons (Fsp3) is 0.370. The van der Waals surface area contributed by atoms with Gasteiger partial charge in [-0.25, -0.2) is 9.78 Å². The molecule has 1 saturated heterocycles. The maximum Gasteiger partial charge on any atom is 0.416 e. The van der Waals surface area contributed by atoms with E-state index in [1.807, 2.05) is 4.90 Å². The van der Waals surface area contributed by atoms with Crippen LogP contribution in [0.25, 0.3) is 0 Å². The first-order valence-electron chi connectivity index (χ1n) is 12.5. The largest absolute Gasteiger partial charge is 0.493 e. The minimum absolute atomic E-state index is 0.000859. The molecule has 0 amide bonds. The third kappa shape index (κ3) is 8.69. The number of carbonyl (C=O) groups is 1. The summed E-state index contributed by atoms with van der Waals surface area (Å²) >= 11 is 0. The average molecular weight is 602 g/mol. The molecule has 0 bridgehead atoms. The van der Waals surface area contributed by atoms with Crippen molar-refractivity contribution >= 4 is 11.9 Å². The third-order valence-corrected chi connectivity index (χ3v) is 6.06. The predicted molar refractivity (Wildman–Crippen MR) is 141 cm³/mol. The maximum atomic E-state index is 12.4. The number of nitrogens with one attached hydrogen (secondary N) is 1. The molecule has 2 N–H and O–H groups in total. The third-order valence-electron chi connectivity index (χ3n) is 6.06. The number of halogens is 6. The molecule has 1 aliphatic heterocycles. The number of carboxylic acids is 1. The molecule has 0 aliphatic carbocycles. The van der Waals surface area contributed by atoms with Crippen molar-refractivity contribution in [2.45, 2.75) is 18.9 Å². The van der Waals surface area contributed by atoms with Crippen molar-refractivity contribution in [3.05, 3.63) is 70.9 Å². The lowest BCUT2D eigenvalue weighted by Crippen LogP contribution is -2.45. The van der Waals surface area contributed by atoms with E-state index < -0.39 is 29.4 Å². The van der Waals surface area contributed by atoms with Gasteiger partial charge in [-0.3, -0.25) is 0 Å². The zero-order chi connectivity index (χ0) is 31.1. The molecule has 2 heterocycles. The van der Waals surface area contributed by atoms with E-state index in [0.29, 0.717) is 29.6 Å². The van der Waals surface area contributed by atoms with E-state index in [4.69, 9.17) is 9.47 Å². The molecule has 0 radical (unpaired) electrons. The van der Waals surface area contributed by atoms with Crippen molar-refractivity contribution in [2.75, 3.05) is 52.3 Å². The molecule has 9 nitrogen and oxygen atoms in total. The number of likely N-dealkylation sites (N-methyl/N-ethyl adjacent to an activating group) is 1. The number of alkyl halides is 6. The minimum Gasteiger partial charge on any atom is -0.493 e. The van der Waals surface area contributed by atoms with Crippen LogP contribution in [0.4, 0.5) is 32.3 Å². The molecule has 1 aromatic heterocycles. The number of methoxy groups -OCH3 is 1. The number of nitrogens with zero attached hydrogens (tertiary/aromatic N) is 4.